The van der Waals surface area contributed by atoms with Gasteiger partial charge in [0.25, 0.3) is 0 Å². The fourth-order valence-corrected chi connectivity index (χ4v) is 3.91. The lowest BCUT2D eigenvalue weighted by molar-refractivity contribution is -0.119. The number of aromatic nitrogens is 3. The lowest BCUT2D eigenvalue weighted by Crippen LogP contribution is -2.38. The van der Waals surface area contributed by atoms with Gasteiger partial charge in [-0.3, -0.25) is 9.36 Å². The summed E-state index contributed by atoms with van der Waals surface area (Å²) in [6.07, 6.45) is 0.910. The van der Waals surface area contributed by atoms with E-state index in [1.165, 1.54) is 17.3 Å². The van der Waals surface area contributed by atoms with Crippen LogP contribution < -0.4 is 10.2 Å². The van der Waals surface area contributed by atoms with Gasteiger partial charge in [0.2, 0.25) is 11.9 Å². The quantitative estimate of drug-likeness (QED) is 0.666. The molecule has 3 rings (SSSR count). The van der Waals surface area contributed by atoms with Gasteiger partial charge in [-0.05, 0) is 30.9 Å². The Kier molecular flexibility index (Phi) is 7.55. The van der Waals surface area contributed by atoms with E-state index in [4.69, 9.17) is 4.74 Å². The smallest absolute Gasteiger partial charge is 0.232 e. The van der Waals surface area contributed by atoms with Crippen molar-refractivity contribution < 1.29 is 9.53 Å². The van der Waals surface area contributed by atoms with Crippen molar-refractivity contribution in [1.82, 2.24) is 20.1 Å². The Hall–Kier alpha value is -2.06. The molecule has 1 aliphatic rings. The van der Waals surface area contributed by atoms with Gasteiger partial charge in [-0.2, -0.15) is 0 Å². The number of benzene rings is 1. The molecule has 29 heavy (non-hydrogen) atoms. The summed E-state index contributed by atoms with van der Waals surface area (Å²) < 4.78 is 7.59. The Morgan fingerprint density at radius 2 is 1.93 bits per heavy atom. The molecule has 1 saturated heterocycles. The third-order valence-electron chi connectivity index (χ3n) is 5.24. The number of morpholine rings is 1. The predicted molar refractivity (Wildman–Crippen MR) is 117 cm³/mol. The van der Waals surface area contributed by atoms with Crippen LogP contribution in [0.3, 0.4) is 0 Å². The molecule has 0 aliphatic carbocycles. The van der Waals surface area contributed by atoms with Crippen LogP contribution in [0.15, 0.2) is 29.4 Å². The third-order valence-corrected chi connectivity index (χ3v) is 6.17. The van der Waals surface area contributed by atoms with Crippen LogP contribution in [0, 0.1) is 5.92 Å². The fraction of sp³-hybridized carbons (Fsp3) is 0.571. The number of hydrogen-bond acceptors (Lipinski definition) is 6. The number of rotatable bonds is 8. The summed E-state index contributed by atoms with van der Waals surface area (Å²) in [4.78, 5) is 14.6. The van der Waals surface area contributed by atoms with Crippen LogP contribution in [0.1, 0.15) is 33.3 Å². The number of para-hydroxylation sites is 1. The van der Waals surface area contributed by atoms with Gasteiger partial charge in [0.15, 0.2) is 5.16 Å². The molecule has 7 nitrogen and oxygen atoms in total. The second kappa shape index (κ2) is 10.1. The fourth-order valence-electron chi connectivity index (χ4n) is 3.16. The highest BCUT2D eigenvalue weighted by molar-refractivity contribution is 7.99. The van der Waals surface area contributed by atoms with E-state index in [1.54, 1.807) is 0 Å². The van der Waals surface area contributed by atoms with Crippen LogP contribution in [0.2, 0.25) is 0 Å². The molecular formula is C21H31N5O2S. The molecule has 1 aliphatic heterocycles. The molecule has 1 fully saturated rings. The molecule has 8 heteroatoms. The summed E-state index contributed by atoms with van der Waals surface area (Å²) in [7, 11) is 0. The number of thioether (sulfide) groups is 1. The number of aryl methyl sites for hydroxylation is 1. The molecule has 2 heterocycles. The molecule has 0 spiro atoms. The van der Waals surface area contributed by atoms with Crippen molar-refractivity contribution in [2.45, 2.75) is 45.3 Å². The van der Waals surface area contributed by atoms with E-state index < -0.39 is 0 Å². The van der Waals surface area contributed by atoms with Crippen LogP contribution in [-0.4, -0.2) is 58.8 Å². The molecule has 2 aromatic rings. The first-order valence-electron chi connectivity index (χ1n) is 10.3. The highest BCUT2D eigenvalue weighted by Gasteiger charge is 2.23. The number of carbonyl (C=O) groups is 1. The van der Waals surface area contributed by atoms with E-state index in [1.807, 2.05) is 13.0 Å². The van der Waals surface area contributed by atoms with Gasteiger partial charge in [0.05, 0.1) is 24.7 Å². The van der Waals surface area contributed by atoms with E-state index in [0.29, 0.717) is 24.9 Å². The minimum atomic E-state index is 0.0162. The predicted octanol–water partition coefficient (Wildman–Crippen LogP) is 2.92. The molecule has 0 radical (unpaired) electrons. The Morgan fingerprint density at radius 1 is 1.21 bits per heavy atom. The van der Waals surface area contributed by atoms with E-state index in [-0.39, 0.29) is 11.9 Å². The zero-order chi connectivity index (χ0) is 20.8. The molecule has 0 saturated carbocycles. The average Bonchev–Trinajstić information content (AvgIpc) is 3.16. The lowest BCUT2D eigenvalue weighted by atomic mass is 10.1. The molecule has 0 bridgehead atoms. The summed E-state index contributed by atoms with van der Waals surface area (Å²) in [6.45, 7) is 11.3. The number of carbonyl (C=O) groups excluding carboxylic acids is 1. The van der Waals surface area contributed by atoms with Crippen LogP contribution >= 0.6 is 11.8 Å². The maximum atomic E-state index is 12.4. The zero-order valence-corrected chi connectivity index (χ0v) is 18.5. The van der Waals surface area contributed by atoms with Crippen LogP contribution in [0.25, 0.3) is 5.69 Å². The highest BCUT2D eigenvalue weighted by Crippen LogP contribution is 2.29. The number of ether oxygens (including phenoxy) is 1. The van der Waals surface area contributed by atoms with E-state index in [9.17, 15) is 4.79 Å². The number of amides is 1. The highest BCUT2D eigenvalue weighted by atomic mass is 32.2. The number of anilines is 1. The Labute approximate surface area is 177 Å². The average molecular weight is 418 g/mol. The molecule has 1 atom stereocenters. The maximum absolute atomic E-state index is 12.4. The summed E-state index contributed by atoms with van der Waals surface area (Å²) in [5, 5.41) is 12.7. The first-order chi connectivity index (χ1) is 14.0. The van der Waals surface area contributed by atoms with Crippen molar-refractivity contribution in [2.24, 2.45) is 5.92 Å². The molecule has 1 amide bonds. The van der Waals surface area contributed by atoms with Gasteiger partial charge in [0.1, 0.15) is 0 Å². The Bertz CT molecular complexity index is 817. The normalized spacial score (nSPS) is 15.6. The Morgan fingerprint density at radius 3 is 2.62 bits per heavy atom. The molecule has 0 unspecified atom stereocenters. The SMILES string of the molecule is CCc1ccccc1-n1c(SCC(=O)N[C@@H](C)C(C)C)nnc1N1CCOCC1. The second-order valence-corrected chi connectivity index (χ2v) is 8.53. The van der Waals surface area contributed by atoms with E-state index in [2.05, 4.69) is 64.0 Å². The van der Waals surface area contributed by atoms with Crippen LogP contribution in [-0.2, 0) is 16.0 Å². The lowest BCUT2D eigenvalue weighted by Gasteiger charge is -2.28. The number of nitrogens with one attached hydrogen (secondary N) is 1. The summed E-state index contributed by atoms with van der Waals surface area (Å²) in [5.74, 6) is 1.54. The topological polar surface area (TPSA) is 72.3 Å². The summed E-state index contributed by atoms with van der Waals surface area (Å²) in [6, 6.07) is 8.45. The molecule has 1 aromatic carbocycles. The molecule has 158 valence electrons. The number of hydrogen-bond donors (Lipinski definition) is 1. The van der Waals surface area contributed by atoms with Gasteiger partial charge in [-0.25, -0.2) is 0 Å². The van der Waals surface area contributed by atoms with Crippen molar-refractivity contribution in [3.05, 3.63) is 29.8 Å². The van der Waals surface area contributed by atoms with Crippen LogP contribution in [0.4, 0.5) is 5.95 Å². The van der Waals surface area contributed by atoms with Crippen molar-refractivity contribution in [3.63, 3.8) is 0 Å². The van der Waals surface area contributed by atoms with Crippen molar-refractivity contribution in [2.75, 3.05) is 37.0 Å². The minimum Gasteiger partial charge on any atom is -0.378 e. The Balaban J connectivity index is 1.87. The van der Waals surface area contributed by atoms with Gasteiger partial charge in [-0.1, -0.05) is 50.7 Å². The molecule has 1 N–H and O–H groups in total. The van der Waals surface area contributed by atoms with Gasteiger partial charge >= 0.3 is 0 Å². The number of nitrogens with zero attached hydrogens (tertiary/aromatic N) is 4. The van der Waals surface area contributed by atoms with E-state index in [0.717, 1.165) is 36.3 Å². The zero-order valence-electron chi connectivity index (χ0n) is 17.7. The minimum absolute atomic E-state index is 0.0162. The molecule has 1 aromatic heterocycles. The monoisotopic (exact) mass is 417 g/mol. The first-order valence-corrected chi connectivity index (χ1v) is 11.3. The largest absolute Gasteiger partial charge is 0.378 e. The molecular weight excluding hydrogens is 386 g/mol. The van der Waals surface area contributed by atoms with Crippen molar-refractivity contribution in [1.29, 1.82) is 0 Å². The second-order valence-electron chi connectivity index (χ2n) is 7.59. The van der Waals surface area contributed by atoms with Crippen molar-refractivity contribution in [3.8, 4) is 5.69 Å². The summed E-state index contributed by atoms with van der Waals surface area (Å²) >= 11 is 1.43. The van der Waals surface area contributed by atoms with Gasteiger partial charge < -0.3 is 15.0 Å². The standard InChI is InChI=1S/C21H31N5O2S/c1-5-17-8-6-7-9-18(17)26-20(25-10-12-28-13-11-25)23-24-21(26)29-14-19(27)22-16(4)15(2)3/h6-9,15-16H,5,10-14H2,1-4H3,(H,22,27)/t16-/m0/s1. The van der Waals surface area contributed by atoms with Gasteiger partial charge in [-0.15, -0.1) is 10.2 Å². The first kappa shape index (κ1) is 21.6. The maximum Gasteiger partial charge on any atom is 0.232 e. The van der Waals surface area contributed by atoms with Gasteiger partial charge in [0, 0.05) is 19.1 Å². The van der Waals surface area contributed by atoms with Crippen LogP contribution in [0.5, 0.6) is 0 Å². The van der Waals surface area contributed by atoms with E-state index >= 15 is 0 Å². The third kappa shape index (κ3) is 5.30. The summed E-state index contributed by atoms with van der Waals surface area (Å²) in [5.41, 5.74) is 2.29. The van der Waals surface area contributed by atoms with Crippen molar-refractivity contribution >= 4 is 23.6 Å².